The standard InChI is InChI=1S/C14H21NO2/c1-4-6-7-12(15)11-8-9-13(16-3)14(10-11)17-5-2/h4,8-10,12H,1,5-7,15H2,2-3H3/t12-/m1/s1. The van der Waals surface area contributed by atoms with Crippen molar-refractivity contribution < 1.29 is 9.47 Å². The average Bonchev–Trinajstić information content (AvgIpc) is 2.36. The Labute approximate surface area is 103 Å². The fourth-order valence-electron chi connectivity index (χ4n) is 1.66. The molecule has 3 nitrogen and oxygen atoms in total. The molecule has 1 rings (SSSR count). The molecule has 94 valence electrons. The van der Waals surface area contributed by atoms with E-state index in [4.69, 9.17) is 15.2 Å². The smallest absolute Gasteiger partial charge is 0.161 e. The first kappa shape index (κ1) is 13.6. The van der Waals surface area contributed by atoms with E-state index in [1.54, 1.807) is 7.11 Å². The van der Waals surface area contributed by atoms with Crippen LogP contribution in [0.5, 0.6) is 11.5 Å². The molecular formula is C14H21NO2. The third kappa shape index (κ3) is 3.79. The highest BCUT2D eigenvalue weighted by atomic mass is 16.5. The van der Waals surface area contributed by atoms with E-state index >= 15 is 0 Å². The fourth-order valence-corrected chi connectivity index (χ4v) is 1.66. The van der Waals surface area contributed by atoms with E-state index in [2.05, 4.69) is 6.58 Å². The number of benzene rings is 1. The summed E-state index contributed by atoms with van der Waals surface area (Å²) in [5, 5.41) is 0. The van der Waals surface area contributed by atoms with Gasteiger partial charge < -0.3 is 15.2 Å². The van der Waals surface area contributed by atoms with Crippen molar-refractivity contribution in [1.29, 1.82) is 0 Å². The van der Waals surface area contributed by atoms with Crippen molar-refractivity contribution in [2.45, 2.75) is 25.8 Å². The van der Waals surface area contributed by atoms with E-state index < -0.39 is 0 Å². The van der Waals surface area contributed by atoms with Crippen LogP contribution in [0.1, 0.15) is 31.4 Å². The van der Waals surface area contributed by atoms with E-state index in [0.29, 0.717) is 6.61 Å². The highest BCUT2D eigenvalue weighted by Gasteiger charge is 2.10. The normalized spacial score (nSPS) is 11.9. The lowest BCUT2D eigenvalue weighted by Gasteiger charge is -2.15. The number of hydrogen-bond donors (Lipinski definition) is 1. The van der Waals surface area contributed by atoms with Crippen LogP contribution in [0.15, 0.2) is 30.9 Å². The van der Waals surface area contributed by atoms with Crippen LogP contribution < -0.4 is 15.2 Å². The van der Waals surface area contributed by atoms with Crippen molar-refractivity contribution in [1.82, 2.24) is 0 Å². The lowest BCUT2D eigenvalue weighted by molar-refractivity contribution is 0.310. The number of rotatable bonds is 7. The first-order valence-electron chi connectivity index (χ1n) is 5.90. The Morgan fingerprint density at radius 3 is 2.76 bits per heavy atom. The van der Waals surface area contributed by atoms with E-state index in [1.165, 1.54) is 0 Å². The topological polar surface area (TPSA) is 44.5 Å². The minimum Gasteiger partial charge on any atom is -0.493 e. The first-order valence-corrected chi connectivity index (χ1v) is 5.90. The second-order valence-corrected chi connectivity index (χ2v) is 3.82. The first-order chi connectivity index (χ1) is 8.22. The average molecular weight is 235 g/mol. The zero-order chi connectivity index (χ0) is 12.7. The second kappa shape index (κ2) is 6.97. The van der Waals surface area contributed by atoms with Crippen molar-refractivity contribution in [2.75, 3.05) is 13.7 Å². The summed E-state index contributed by atoms with van der Waals surface area (Å²) in [7, 11) is 1.63. The van der Waals surface area contributed by atoms with Gasteiger partial charge in [0.25, 0.3) is 0 Å². The third-order valence-corrected chi connectivity index (χ3v) is 2.60. The molecule has 1 aromatic carbocycles. The van der Waals surface area contributed by atoms with E-state index in [-0.39, 0.29) is 6.04 Å². The molecule has 0 heterocycles. The molecular weight excluding hydrogens is 214 g/mol. The molecule has 0 radical (unpaired) electrons. The molecule has 0 unspecified atom stereocenters. The number of allylic oxidation sites excluding steroid dienone is 1. The molecule has 0 aliphatic rings. The summed E-state index contributed by atoms with van der Waals surface area (Å²) < 4.78 is 10.8. The van der Waals surface area contributed by atoms with Crippen LogP contribution in [0, 0.1) is 0 Å². The van der Waals surface area contributed by atoms with E-state index in [0.717, 1.165) is 29.9 Å². The summed E-state index contributed by atoms with van der Waals surface area (Å²) in [4.78, 5) is 0. The monoisotopic (exact) mass is 235 g/mol. The van der Waals surface area contributed by atoms with Crippen LogP contribution in [0.4, 0.5) is 0 Å². The molecule has 0 amide bonds. The van der Waals surface area contributed by atoms with Crippen LogP contribution >= 0.6 is 0 Å². The quantitative estimate of drug-likeness (QED) is 0.739. The van der Waals surface area contributed by atoms with Gasteiger partial charge in [0, 0.05) is 6.04 Å². The maximum atomic E-state index is 6.09. The molecule has 0 aromatic heterocycles. The Kier molecular flexibility index (Phi) is 5.57. The summed E-state index contributed by atoms with van der Waals surface area (Å²) in [6.07, 6.45) is 3.69. The highest BCUT2D eigenvalue weighted by Crippen LogP contribution is 2.30. The molecule has 3 heteroatoms. The van der Waals surface area contributed by atoms with Gasteiger partial charge >= 0.3 is 0 Å². The summed E-state index contributed by atoms with van der Waals surface area (Å²) in [6.45, 7) is 6.26. The second-order valence-electron chi connectivity index (χ2n) is 3.82. The molecule has 17 heavy (non-hydrogen) atoms. The van der Waals surface area contributed by atoms with Crippen molar-refractivity contribution in [3.05, 3.63) is 36.4 Å². The zero-order valence-electron chi connectivity index (χ0n) is 10.6. The fraction of sp³-hybridized carbons (Fsp3) is 0.429. The summed E-state index contributed by atoms with van der Waals surface area (Å²) in [6, 6.07) is 5.84. The number of ether oxygens (including phenoxy) is 2. The zero-order valence-corrected chi connectivity index (χ0v) is 10.6. The third-order valence-electron chi connectivity index (χ3n) is 2.60. The van der Waals surface area contributed by atoms with Gasteiger partial charge in [0.05, 0.1) is 13.7 Å². The van der Waals surface area contributed by atoms with Gasteiger partial charge in [0.1, 0.15) is 0 Å². The molecule has 0 fully saturated rings. The van der Waals surface area contributed by atoms with E-state index in [9.17, 15) is 0 Å². The Balaban J connectivity index is 2.86. The van der Waals surface area contributed by atoms with Crippen LogP contribution in [0.25, 0.3) is 0 Å². The minimum atomic E-state index is 0.0121. The lowest BCUT2D eigenvalue weighted by Crippen LogP contribution is -2.10. The van der Waals surface area contributed by atoms with Crippen molar-refractivity contribution in [3.8, 4) is 11.5 Å². The molecule has 0 saturated carbocycles. The molecule has 0 spiro atoms. The number of hydrogen-bond acceptors (Lipinski definition) is 3. The molecule has 1 aromatic rings. The largest absolute Gasteiger partial charge is 0.493 e. The van der Waals surface area contributed by atoms with Gasteiger partial charge in [0.2, 0.25) is 0 Å². The van der Waals surface area contributed by atoms with E-state index in [1.807, 2.05) is 31.2 Å². The van der Waals surface area contributed by atoms with Gasteiger partial charge in [0.15, 0.2) is 11.5 Å². The maximum Gasteiger partial charge on any atom is 0.161 e. The SMILES string of the molecule is C=CCC[C@@H](N)c1ccc(OC)c(OCC)c1. The van der Waals surface area contributed by atoms with Crippen LogP contribution in [0.2, 0.25) is 0 Å². The van der Waals surface area contributed by atoms with Crippen molar-refractivity contribution >= 4 is 0 Å². The molecule has 0 aliphatic heterocycles. The Morgan fingerprint density at radius 1 is 1.41 bits per heavy atom. The summed E-state index contributed by atoms with van der Waals surface area (Å²) in [5.41, 5.74) is 7.16. The molecule has 1 atom stereocenters. The Morgan fingerprint density at radius 2 is 2.18 bits per heavy atom. The summed E-state index contributed by atoms with van der Waals surface area (Å²) in [5.74, 6) is 1.49. The van der Waals surface area contributed by atoms with Crippen LogP contribution in [0.3, 0.4) is 0 Å². The highest BCUT2D eigenvalue weighted by molar-refractivity contribution is 5.43. The van der Waals surface area contributed by atoms with Crippen LogP contribution in [-0.2, 0) is 0 Å². The van der Waals surface area contributed by atoms with Gasteiger partial charge in [-0.05, 0) is 37.5 Å². The minimum absolute atomic E-state index is 0.0121. The van der Waals surface area contributed by atoms with Gasteiger partial charge in [-0.3, -0.25) is 0 Å². The molecule has 0 saturated heterocycles. The van der Waals surface area contributed by atoms with Gasteiger partial charge in [-0.25, -0.2) is 0 Å². The molecule has 2 N–H and O–H groups in total. The van der Waals surface area contributed by atoms with Gasteiger partial charge in [-0.2, -0.15) is 0 Å². The summed E-state index contributed by atoms with van der Waals surface area (Å²) >= 11 is 0. The lowest BCUT2D eigenvalue weighted by atomic mass is 10.0. The number of methoxy groups -OCH3 is 1. The van der Waals surface area contributed by atoms with Crippen molar-refractivity contribution in [3.63, 3.8) is 0 Å². The molecule has 0 aliphatic carbocycles. The van der Waals surface area contributed by atoms with Crippen LogP contribution in [-0.4, -0.2) is 13.7 Å². The van der Waals surface area contributed by atoms with Gasteiger partial charge in [-0.1, -0.05) is 12.1 Å². The maximum absolute atomic E-state index is 6.09. The number of nitrogens with two attached hydrogens (primary N) is 1. The predicted molar refractivity (Wildman–Crippen MR) is 70.5 cm³/mol. The van der Waals surface area contributed by atoms with Gasteiger partial charge in [-0.15, -0.1) is 6.58 Å². The Hall–Kier alpha value is -1.48. The Bertz CT molecular complexity index is 363. The molecule has 0 bridgehead atoms. The van der Waals surface area contributed by atoms with Crippen molar-refractivity contribution in [2.24, 2.45) is 5.73 Å². The predicted octanol–water partition coefficient (Wildman–Crippen LogP) is 3.06.